The molecule has 1 aliphatic heterocycles. The van der Waals surface area contributed by atoms with Crippen molar-refractivity contribution in [1.82, 2.24) is 30.0 Å². The number of pyridine rings is 1. The van der Waals surface area contributed by atoms with Crippen LogP contribution in [0.4, 0.5) is 5.82 Å². The number of aryl methyl sites for hydroxylation is 1. The van der Waals surface area contributed by atoms with Crippen LogP contribution in [-0.4, -0.2) is 55.4 Å². The van der Waals surface area contributed by atoms with Crippen molar-refractivity contribution in [2.45, 2.75) is 57.4 Å². The maximum absolute atomic E-state index is 13.8. The van der Waals surface area contributed by atoms with E-state index in [4.69, 9.17) is 9.97 Å². The monoisotopic (exact) mass is 618 g/mol. The van der Waals surface area contributed by atoms with Gasteiger partial charge in [-0.2, -0.15) is 10.4 Å². The normalized spacial score (nSPS) is 20.5. The van der Waals surface area contributed by atoms with Gasteiger partial charge in [0.15, 0.2) is 0 Å². The predicted molar refractivity (Wildman–Crippen MR) is 175 cm³/mol. The highest BCUT2D eigenvalue weighted by atomic mass is 16.3. The molecule has 1 saturated heterocycles. The van der Waals surface area contributed by atoms with Crippen LogP contribution in [0, 0.1) is 29.1 Å². The number of anilines is 1. The molecule has 10 heteroatoms. The Morgan fingerprint density at radius 2 is 1.85 bits per heavy atom. The van der Waals surface area contributed by atoms with Crippen molar-refractivity contribution in [2.24, 2.45) is 24.8 Å². The Morgan fingerprint density at radius 3 is 2.54 bits per heavy atom. The minimum absolute atomic E-state index is 0.0108. The van der Waals surface area contributed by atoms with E-state index in [1.54, 1.807) is 10.9 Å². The lowest BCUT2D eigenvalue weighted by atomic mass is 9.73. The first-order valence-corrected chi connectivity index (χ1v) is 16.4. The van der Waals surface area contributed by atoms with E-state index in [1.165, 1.54) is 0 Å². The van der Waals surface area contributed by atoms with Gasteiger partial charge in [-0.1, -0.05) is 36.4 Å². The van der Waals surface area contributed by atoms with Crippen molar-refractivity contribution in [3.05, 3.63) is 89.9 Å². The lowest BCUT2D eigenvalue weighted by Crippen LogP contribution is -2.38. The Hall–Kier alpha value is -4.62. The summed E-state index contributed by atoms with van der Waals surface area (Å²) in [6.45, 7) is 2.16. The molecule has 2 fully saturated rings. The molecule has 1 aliphatic carbocycles. The molecular formula is C36H42N8O2. The number of aromatic nitrogens is 5. The van der Waals surface area contributed by atoms with Crippen LogP contribution in [-0.2, 0) is 24.8 Å². The molecule has 6 rings (SSSR count). The van der Waals surface area contributed by atoms with Gasteiger partial charge in [0.25, 0.3) is 0 Å². The van der Waals surface area contributed by atoms with Gasteiger partial charge in [0.05, 0.1) is 24.0 Å². The number of benzene rings is 1. The Labute approximate surface area is 270 Å². The lowest BCUT2D eigenvalue weighted by molar-refractivity contribution is -0.124. The van der Waals surface area contributed by atoms with Gasteiger partial charge < -0.3 is 15.3 Å². The zero-order chi connectivity index (χ0) is 31.9. The van der Waals surface area contributed by atoms with Crippen molar-refractivity contribution in [2.75, 3.05) is 24.6 Å². The Bertz CT molecular complexity index is 1640. The molecule has 1 saturated carbocycles. The van der Waals surface area contributed by atoms with E-state index in [0.717, 1.165) is 79.7 Å². The molecule has 2 unspecified atom stereocenters. The van der Waals surface area contributed by atoms with Gasteiger partial charge in [0.1, 0.15) is 23.3 Å². The number of piperidine rings is 1. The maximum atomic E-state index is 13.8. The summed E-state index contributed by atoms with van der Waals surface area (Å²) < 4.78 is 1.77. The highest BCUT2D eigenvalue weighted by Gasteiger charge is 2.35. The van der Waals surface area contributed by atoms with Gasteiger partial charge in [-0.3, -0.25) is 14.5 Å². The van der Waals surface area contributed by atoms with Crippen molar-refractivity contribution in [1.29, 1.82) is 5.26 Å². The van der Waals surface area contributed by atoms with Gasteiger partial charge in [-0.25, -0.2) is 9.97 Å². The number of aliphatic hydroxyl groups is 1. The number of carbonyl (C=O) groups excluding carboxylic acids is 1. The SMILES string of the molecule is Cn1cc(-c2ccc(C(C(=O)NCc3ccccc3)C3CCC(Cc4ncc(C#N)c(N5CCCC(CO)C5)n4)CC3)nc2)cn1. The second-order valence-electron chi connectivity index (χ2n) is 12.8. The summed E-state index contributed by atoms with van der Waals surface area (Å²) in [5.41, 5.74) is 4.31. The van der Waals surface area contributed by atoms with Crippen molar-refractivity contribution in [3.8, 4) is 17.2 Å². The molecule has 46 heavy (non-hydrogen) atoms. The molecule has 2 N–H and O–H groups in total. The van der Waals surface area contributed by atoms with Crippen molar-refractivity contribution in [3.63, 3.8) is 0 Å². The van der Waals surface area contributed by atoms with Crippen LogP contribution in [0.3, 0.4) is 0 Å². The molecule has 10 nitrogen and oxygen atoms in total. The first-order chi connectivity index (χ1) is 22.5. The van der Waals surface area contributed by atoms with Crippen LogP contribution >= 0.6 is 0 Å². The van der Waals surface area contributed by atoms with Crippen LogP contribution in [0.1, 0.15) is 67.1 Å². The van der Waals surface area contributed by atoms with Crippen molar-refractivity contribution < 1.29 is 9.90 Å². The molecular weight excluding hydrogens is 576 g/mol. The molecule has 238 valence electrons. The van der Waals surface area contributed by atoms with Gasteiger partial charge in [0.2, 0.25) is 5.91 Å². The molecule has 0 spiro atoms. The summed E-state index contributed by atoms with van der Waals surface area (Å²) in [4.78, 5) is 30.2. The molecule has 1 amide bonds. The average Bonchev–Trinajstić information content (AvgIpc) is 3.55. The Kier molecular flexibility index (Phi) is 9.99. The van der Waals surface area contributed by atoms with E-state index in [9.17, 15) is 15.2 Å². The highest BCUT2D eigenvalue weighted by molar-refractivity contribution is 5.83. The minimum atomic E-state index is -0.344. The predicted octanol–water partition coefficient (Wildman–Crippen LogP) is 4.80. The Morgan fingerprint density at radius 1 is 1.02 bits per heavy atom. The number of hydrogen-bond donors (Lipinski definition) is 2. The fourth-order valence-corrected chi connectivity index (χ4v) is 7.03. The van der Waals surface area contributed by atoms with E-state index in [1.807, 2.05) is 68.1 Å². The van der Waals surface area contributed by atoms with Crippen LogP contribution in [0.2, 0.25) is 0 Å². The van der Waals surface area contributed by atoms with Gasteiger partial charge >= 0.3 is 0 Å². The fraction of sp³-hybridized carbons (Fsp3) is 0.444. The first-order valence-electron chi connectivity index (χ1n) is 16.4. The summed E-state index contributed by atoms with van der Waals surface area (Å²) in [6, 6.07) is 16.3. The lowest BCUT2D eigenvalue weighted by Gasteiger charge is -2.34. The molecule has 4 heterocycles. The van der Waals surface area contributed by atoms with Crippen LogP contribution in [0.25, 0.3) is 11.1 Å². The number of nitrogens with one attached hydrogen (secondary N) is 1. The zero-order valence-electron chi connectivity index (χ0n) is 26.4. The highest BCUT2D eigenvalue weighted by Crippen LogP contribution is 2.39. The molecule has 2 aliphatic rings. The van der Waals surface area contributed by atoms with Gasteiger partial charge in [0, 0.05) is 63.2 Å². The second-order valence-corrected chi connectivity index (χ2v) is 12.8. The maximum Gasteiger partial charge on any atom is 0.229 e. The summed E-state index contributed by atoms with van der Waals surface area (Å²) in [5, 5.41) is 26.9. The average molecular weight is 619 g/mol. The number of amides is 1. The number of carbonyl (C=O) groups is 1. The van der Waals surface area contributed by atoms with E-state index in [-0.39, 0.29) is 30.3 Å². The fourth-order valence-electron chi connectivity index (χ4n) is 7.03. The van der Waals surface area contributed by atoms with E-state index in [2.05, 4.69) is 26.4 Å². The van der Waals surface area contributed by atoms with Crippen LogP contribution in [0.5, 0.6) is 0 Å². The summed E-state index contributed by atoms with van der Waals surface area (Å²) >= 11 is 0. The number of hydrogen-bond acceptors (Lipinski definition) is 8. The quantitative estimate of drug-likeness (QED) is 0.259. The summed E-state index contributed by atoms with van der Waals surface area (Å²) in [6.07, 6.45) is 13.7. The molecule has 3 aromatic heterocycles. The summed E-state index contributed by atoms with van der Waals surface area (Å²) in [5.74, 6) is 1.89. The van der Waals surface area contributed by atoms with Crippen molar-refractivity contribution >= 4 is 11.7 Å². The molecule has 0 bridgehead atoms. The number of nitriles is 1. The van der Waals surface area contributed by atoms with Crippen LogP contribution in [0.15, 0.2) is 67.3 Å². The van der Waals surface area contributed by atoms with E-state index < -0.39 is 0 Å². The molecule has 0 radical (unpaired) electrons. The number of rotatable bonds is 10. The largest absolute Gasteiger partial charge is 0.396 e. The first kappa shape index (κ1) is 31.4. The topological polar surface area (TPSA) is 133 Å². The zero-order valence-corrected chi connectivity index (χ0v) is 26.4. The number of aliphatic hydroxyl groups excluding tert-OH is 1. The summed E-state index contributed by atoms with van der Waals surface area (Å²) in [7, 11) is 1.89. The molecule has 2 atom stereocenters. The smallest absolute Gasteiger partial charge is 0.229 e. The molecule has 4 aromatic rings. The third-order valence-corrected chi connectivity index (χ3v) is 9.59. The van der Waals surface area contributed by atoms with Gasteiger partial charge in [-0.05, 0) is 67.9 Å². The van der Waals surface area contributed by atoms with E-state index >= 15 is 0 Å². The number of nitrogens with zero attached hydrogens (tertiary/aromatic N) is 7. The minimum Gasteiger partial charge on any atom is -0.396 e. The third-order valence-electron chi connectivity index (χ3n) is 9.59. The van der Waals surface area contributed by atoms with Gasteiger partial charge in [-0.15, -0.1) is 0 Å². The second kappa shape index (κ2) is 14.6. The third kappa shape index (κ3) is 7.43. The van der Waals surface area contributed by atoms with E-state index in [0.29, 0.717) is 30.4 Å². The standard InChI is InChI=1S/C36H42N8O2/c1-43-23-31(21-41-43)29-13-14-32(38-19-29)34(36(46)40-18-26-6-3-2-4-7-26)28-11-9-25(10-12-28)16-33-39-20-30(17-37)35(42-33)44-15-5-8-27(22-44)24-45/h2-4,6-7,13-14,19-21,23,25,27-28,34,45H,5,8-12,15-16,18,22,24H2,1H3,(H,40,46). The Balaban J connectivity index is 1.15. The van der Waals surface area contributed by atoms with Crippen LogP contribution < -0.4 is 10.2 Å². The molecule has 1 aromatic carbocycles.